The van der Waals surface area contributed by atoms with Gasteiger partial charge in [-0.2, -0.15) is 0 Å². The van der Waals surface area contributed by atoms with Crippen LogP contribution in [0.25, 0.3) is 43.5 Å². The molecule has 0 saturated carbocycles. The van der Waals surface area contributed by atoms with Gasteiger partial charge in [0.1, 0.15) is 16.9 Å². The number of thiophene rings is 1. The Morgan fingerprint density at radius 3 is 2.12 bits per heavy atom. The minimum absolute atomic E-state index is 0. The summed E-state index contributed by atoms with van der Waals surface area (Å²) in [5.41, 5.74) is 6.00. The third-order valence-electron chi connectivity index (χ3n) is 10.6. The number of aromatic nitrogens is 3. The summed E-state index contributed by atoms with van der Waals surface area (Å²) < 4.78 is 0. The van der Waals surface area contributed by atoms with Gasteiger partial charge in [0.15, 0.2) is 5.78 Å². The maximum Gasteiger partial charge on any atom is 0.164 e. The van der Waals surface area contributed by atoms with Crippen molar-refractivity contribution in [3.63, 3.8) is 0 Å². The number of allylic oxidation sites excluding steroid dienone is 2. The van der Waals surface area contributed by atoms with Gasteiger partial charge in [-0.3, -0.25) is 9.78 Å². The molecular formula is C44H56IrN3O2S-. The Hall–Kier alpha value is -3.25. The molecule has 0 unspecified atom stereocenters. The SMILES string of the molecule is CC(C)Cc1csc2nccc(-c3cc(-c4[c-]c5ccccc5c(C(C)(C)C)c4)ncn3)c12.CCC(C)(CC)C(=O)/C=C(\O)C(C)(CC)CC.[Ir]. The Balaban J connectivity index is 0.000000335. The van der Waals surface area contributed by atoms with E-state index in [1.54, 1.807) is 17.7 Å². The topological polar surface area (TPSA) is 76.0 Å². The molecule has 0 saturated heterocycles. The van der Waals surface area contributed by atoms with Crippen LogP contribution in [0.1, 0.15) is 113 Å². The fourth-order valence-electron chi connectivity index (χ4n) is 6.16. The summed E-state index contributed by atoms with van der Waals surface area (Å²) in [6.45, 7) is 23.4. The van der Waals surface area contributed by atoms with E-state index >= 15 is 0 Å². The number of aliphatic hydroxyl groups excluding tert-OH is 1. The number of nitrogens with zero attached hydrogens (tertiary/aromatic N) is 3. The number of benzene rings is 2. The number of carbonyl (C=O) groups is 1. The molecule has 7 heteroatoms. The average Bonchev–Trinajstić information content (AvgIpc) is 3.52. The van der Waals surface area contributed by atoms with Gasteiger partial charge in [0.2, 0.25) is 0 Å². The summed E-state index contributed by atoms with van der Waals surface area (Å²) >= 11 is 1.71. The molecule has 5 rings (SSSR count). The van der Waals surface area contributed by atoms with Crippen LogP contribution in [0.3, 0.4) is 0 Å². The van der Waals surface area contributed by atoms with Gasteiger partial charge >= 0.3 is 0 Å². The summed E-state index contributed by atoms with van der Waals surface area (Å²) in [7, 11) is 0. The largest absolute Gasteiger partial charge is 0.512 e. The smallest absolute Gasteiger partial charge is 0.164 e. The Morgan fingerprint density at radius 2 is 1.51 bits per heavy atom. The van der Waals surface area contributed by atoms with E-state index in [9.17, 15) is 9.90 Å². The number of pyridine rings is 1. The number of rotatable bonds is 11. The van der Waals surface area contributed by atoms with Gasteiger partial charge in [-0.25, -0.2) is 9.97 Å². The van der Waals surface area contributed by atoms with E-state index in [0.29, 0.717) is 5.92 Å². The first-order valence-electron chi connectivity index (χ1n) is 18.2. The summed E-state index contributed by atoms with van der Waals surface area (Å²) in [4.78, 5) is 27.2. The normalized spacial score (nSPS) is 12.5. The minimum atomic E-state index is -0.337. The predicted octanol–water partition coefficient (Wildman–Crippen LogP) is 12.5. The Labute approximate surface area is 323 Å². The zero-order chi connectivity index (χ0) is 36.9. The van der Waals surface area contributed by atoms with E-state index in [0.717, 1.165) is 64.8 Å². The van der Waals surface area contributed by atoms with E-state index in [2.05, 4.69) is 103 Å². The van der Waals surface area contributed by atoms with Gasteiger partial charge in [0, 0.05) is 59.9 Å². The molecule has 51 heavy (non-hydrogen) atoms. The van der Waals surface area contributed by atoms with Crippen LogP contribution in [0.5, 0.6) is 0 Å². The number of carbonyl (C=O) groups excluding carboxylic acids is 1. The second kappa shape index (κ2) is 17.5. The first kappa shape index (κ1) is 42.2. The van der Waals surface area contributed by atoms with Crippen LogP contribution in [-0.2, 0) is 36.7 Å². The van der Waals surface area contributed by atoms with Crippen molar-refractivity contribution in [3.05, 3.63) is 89.4 Å². The van der Waals surface area contributed by atoms with Crippen LogP contribution >= 0.6 is 11.3 Å². The molecular weight excluding hydrogens is 827 g/mol. The molecule has 0 aliphatic carbocycles. The van der Waals surface area contributed by atoms with Gasteiger partial charge in [-0.15, -0.1) is 40.5 Å². The van der Waals surface area contributed by atoms with E-state index in [1.165, 1.54) is 28.0 Å². The van der Waals surface area contributed by atoms with Crippen molar-refractivity contribution in [1.82, 2.24) is 15.0 Å². The van der Waals surface area contributed by atoms with Crippen LogP contribution in [0.4, 0.5) is 0 Å². The minimum Gasteiger partial charge on any atom is -0.512 e. The number of fused-ring (bicyclic) bond motifs is 2. The third kappa shape index (κ3) is 9.60. The predicted molar refractivity (Wildman–Crippen MR) is 213 cm³/mol. The summed E-state index contributed by atoms with van der Waals surface area (Å²) in [5, 5.41) is 16.0. The molecule has 1 N–H and O–H groups in total. The van der Waals surface area contributed by atoms with E-state index in [1.807, 2.05) is 47.7 Å². The zero-order valence-corrected chi connectivity index (χ0v) is 35.6. The Kier molecular flexibility index (Phi) is 14.5. The van der Waals surface area contributed by atoms with Gasteiger partial charge in [0.25, 0.3) is 0 Å². The molecule has 0 aliphatic heterocycles. The summed E-state index contributed by atoms with van der Waals surface area (Å²) in [6, 6.07) is 18.5. The van der Waals surface area contributed by atoms with E-state index in [-0.39, 0.29) is 47.9 Å². The van der Waals surface area contributed by atoms with Crippen LogP contribution in [0.2, 0.25) is 0 Å². The molecule has 3 aromatic heterocycles. The number of hydrogen-bond donors (Lipinski definition) is 1. The van der Waals surface area contributed by atoms with Crippen molar-refractivity contribution in [2.45, 2.75) is 114 Å². The molecule has 2 aromatic carbocycles. The third-order valence-corrected chi connectivity index (χ3v) is 11.5. The monoisotopic (exact) mass is 883 g/mol. The molecule has 0 fully saturated rings. The first-order valence-corrected chi connectivity index (χ1v) is 19.1. The van der Waals surface area contributed by atoms with Gasteiger partial charge in [0.05, 0.1) is 5.69 Å². The van der Waals surface area contributed by atoms with Crippen LogP contribution in [-0.4, -0.2) is 25.8 Å². The molecule has 5 nitrogen and oxygen atoms in total. The van der Waals surface area contributed by atoms with E-state index < -0.39 is 0 Å². The number of ketones is 1. The van der Waals surface area contributed by atoms with Crippen molar-refractivity contribution in [2.75, 3.05) is 0 Å². The second-order valence-electron chi connectivity index (χ2n) is 15.5. The van der Waals surface area contributed by atoms with Gasteiger partial charge in [-0.1, -0.05) is 105 Å². The first-order chi connectivity index (χ1) is 23.6. The molecule has 3 heterocycles. The van der Waals surface area contributed by atoms with Crippen molar-refractivity contribution >= 4 is 38.1 Å². The molecule has 275 valence electrons. The summed E-state index contributed by atoms with van der Waals surface area (Å²) in [5.74, 6) is 0.869. The maximum absolute atomic E-state index is 12.2. The fraction of sp³-hybridized carbons (Fsp3) is 0.455. The Morgan fingerprint density at radius 1 is 0.882 bits per heavy atom. The Bertz CT molecular complexity index is 1960. The quantitative estimate of drug-likeness (QED) is 0.0812. The molecule has 1 radical (unpaired) electrons. The maximum atomic E-state index is 12.2. The molecule has 0 amide bonds. The van der Waals surface area contributed by atoms with Gasteiger partial charge < -0.3 is 5.11 Å². The van der Waals surface area contributed by atoms with Crippen LogP contribution in [0.15, 0.2) is 72.2 Å². The molecule has 0 bridgehead atoms. The van der Waals surface area contributed by atoms with Crippen LogP contribution < -0.4 is 0 Å². The average molecular weight is 883 g/mol. The molecule has 0 spiro atoms. The van der Waals surface area contributed by atoms with Crippen molar-refractivity contribution in [1.29, 1.82) is 0 Å². The second-order valence-corrected chi connectivity index (χ2v) is 16.4. The van der Waals surface area contributed by atoms with Crippen molar-refractivity contribution < 1.29 is 30.0 Å². The molecule has 5 aromatic rings. The van der Waals surface area contributed by atoms with E-state index in [4.69, 9.17) is 0 Å². The number of aliphatic hydroxyl groups is 1. The molecule has 0 aliphatic rings. The van der Waals surface area contributed by atoms with Crippen molar-refractivity contribution in [2.24, 2.45) is 16.7 Å². The molecule has 0 atom stereocenters. The zero-order valence-electron chi connectivity index (χ0n) is 32.4. The number of hydrogen-bond acceptors (Lipinski definition) is 6. The van der Waals surface area contributed by atoms with Crippen molar-refractivity contribution in [3.8, 4) is 22.5 Å². The van der Waals surface area contributed by atoms with Gasteiger partial charge in [-0.05, 0) is 66.5 Å². The van der Waals surface area contributed by atoms with Crippen LogP contribution in [0, 0.1) is 22.8 Å². The fourth-order valence-corrected chi connectivity index (χ4v) is 7.10. The summed E-state index contributed by atoms with van der Waals surface area (Å²) in [6.07, 6.45) is 9.34. The standard InChI is InChI=1S/C29H28N3S.C15H28O2.Ir/c1-18(2)12-21-16-33-28-27(21)23(10-11-30-28)26-15-25(31-17-32-26)20-13-19-8-6-7-9-22(19)24(14-20)29(3,4)5;1-7-14(5,8-2)12(16)11-13(17)15(6,9-3)10-4;/h6-11,14-18H,12H2,1-5H3;11,16H,7-10H2,1-6H3;/q-1;;/b;12-11-;.